The van der Waals surface area contributed by atoms with E-state index in [2.05, 4.69) is 9.97 Å². The maximum atomic E-state index is 11.0. The molecule has 1 aromatic heterocycles. The van der Waals surface area contributed by atoms with Crippen LogP contribution in [0.2, 0.25) is 0 Å². The van der Waals surface area contributed by atoms with Crippen molar-refractivity contribution < 1.29 is 14.8 Å². The van der Waals surface area contributed by atoms with Crippen molar-refractivity contribution in [3.05, 3.63) is 39.8 Å². The number of aryl methyl sites for hydroxylation is 1. The van der Waals surface area contributed by atoms with Crippen LogP contribution >= 0.6 is 0 Å². The second-order valence-electron chi connectivity index (χ2n) is 3.38. The lowest BCUT2D eigenvalue weighted by molar-refractivity contribution is -0.384. The maximum absolute atomic E-state index is 11.0. The molecular weight excluding hydrogens is 226 g/mol. The number of carbonyl (C=O) groups is 1. The zero-order valence-electron chi connectivity index (χ0n) is 8.75. The van der Waals surface area contributed by atoms with Crippen molar-refractivity contribution in [3.8, 4) is 0 Å². The molecule has 2 aromatic rings. The highest BCUT2D eigenvalue weighted by atomic mass is 16.6. The number of carboxylic acid groups (broad SMARTS) is 1. The molecule has 1 aromatic carbocycles. The van der Waals surface area contributed by atoms with Gasteiger partial charge in [0.2, 0.25) is 0 Å². The van der Waals surface area contributed by atoms with E-state index in [-0.39, 0.29) is 16.8 Å². The Bertz CT molecular complexity index is 639. The topological polar surface area (TPSA) is 106 Å². The van der Waals surface area contributed by atoms with Gasteiger partial charge in [-0.3, -0.25) is 10.1 Å². The molecule has 0 spiro atoms. The van der Waals surface area contributed by atoms with Gasteiger partial charge >= 0.3 is 5.97 Å². The number of aromatic nitrogens is 2. The number of benzene rings is 1. The van der Waals surface area contributed by atoms with Crippen LogP contribution in [0.1, 0.15) is 16.3 Å². The van der Waals surface area contributed by atoms with E-state index < -0.39 is 10.9 Å². The summed E-state index contributed by atoms with van der Waals surface area (Å²) in [6, 6.07) is 3.85. The third kappa shape index (κ3) is 1.89. The molecule has 0 amide bonds. The minimum atomic E-state index is -1.24. The number of non-ortho nitro benzene ring substituents is 1. The zero-order chi connectivity index (χ0) is 12.6. The number of nitro groups is 1. The molecule has 2 rings (SSSR count). The lowest BCUT2D eigenvalue weighted by Gasteiger charge is -2.02. The summed E-state index contributed by atoms with van der Waals surface area (Å²) in [5.74, 6) is -0.926. The van der Waals surface area contributed by atoms with Gasteiger partial charge in [-0.2, -0.15) is 0 Å². The number of rotatable bonds is 2. The highest BCUT2D eigenvalue weighted by molar-refractivity contribution is 6.01. The van der Waals surface area contributed by atoms with Crippen molar-refractivity contribution in [2.45, 2.75) is 6.92 Å². The van der Waals surface area contributed by atoms with Crippen molar-refractivity contribution in [1.29, 1.82) is 0 Å². The first-order valence-electron chi connectivity index (χ1n) is 4.65. The molecule has 1 N–H and O–H groups in total. The van der Waals surface area contributed by atoms with Crippen LogP contribution < -0.4 is 0 Å². The molecule has 86 valence electrons. The lowest BCUT2D eigenvalue weighted by atomic mass is 10.1. The summed E-state index contributed by atoms with van der Waals surface area (Å²) >= 11 is 0. The molecule has 0 atom stereocenters. The zero-order valence-corrected chi connectivity index (χ0v) is 8.75. The molecule has 0 saturated carbocycles. The normalized spacial score (nSPS) is 10.4. The van der Waals surface area contributed by atoms with Crippen LogP contribution in [0.25, 0.3) is 10.9 Å². The Kier molecular flexibility index (Phi) is 2.43. The van der Waals surface area contributed by atoms with E-state index in [0.717, 1.165) is 6.07 Å². The average molecular weight is 233 g/mol. The predicted octanol–water partition coefficient (Wildman–Crippen LogP) is 1.54. The van der Waals surface area contributed by atoms with E-state index in [1.165, 1.54) is 12.1 Å². The van der Waals surface area contributed by atoms with E-state index in [0.29, 0.717) is 11.3 Å². The molecule has 0 aliphatic heterocycles. The lowest BCUT2D eigenvalue weighted by Crippen LogP contribution is -2.05. The van der Waals surface area contributed by atoms with E-state index >= 15 is 0 Å². The molecule has 7 nitrogen and oxygen atoms in total. The molecule has 0 radical (unpaired) electrons. The molecule has 0 unspecified atom stereocenters. The number of nitro benzene ring substituents is 1. The summed E-state index contributed by atoms with van der Waals surface area (Å²) in [5, 5.41) is 19.8. The van der Waals surface area contributed by atoms with Crippen LogP contribution in [-0.2, 0) is 0 Å². The number of fused-ring (bicyclic) bond motifs is 1. The quantitative estimate of drug-likeness (QED) is 0.622. The van der Waals surface area contributed by atoms with E-state index in [1.807, 2.05) is 0 Å². The Morgan fingerprint density at radius 3 is 2.71 bits per heavy atom. The fourth-order valence-electron chi connectivity index (χ4n) is 1.51. The van der Waals surface area contributed by atoms with Gasteiger partial charge in [0.1, 0.15) is 5.82 Å². The van der Waals surface area contributed by atoms with Crippen LogP contribution in [0.3, 0.4) is 0 Å². The van der Waals surface area contributed by atoms with E-state index in [1.54, 1.807) is 6.92 Å². The van der Waals surface area contributed by atoms with Gasteiger partial charge in [-0.25, -0.2) is 14.8 Å². The van der Waals surface area contributed by atoms with Crippen molar-refractivity contribution in [2.24, 2.45) is 0 Å². The third-order valence-electron chi connectivity index (χ3n) is 2.20. The summed E-state index contributed by atoms with van der Waals surface area (Å²) in [4.78, 5) is 28.8. The first-order valence-corrected chi connectivity index (χ1v) is 4.65. The second kappa shape index (κ2) is 3.78. The highest BCUT2D eigenvalue weighted by Gasteiger charge is 2.15. The van der Waals surface area contributed by atoms with Crippen molar-refractivity contribution >= 4 is 22.6 Å². The molecule has 17 heavy (non-hydrogen) atoms. The SMILES string of the molecule is Cc1nc(C(=O)O)c2cc([N+](=O)[O-])ccc2n1. The molecule has 0 saturated heterocycles. The molecule has 0 aliphatic rings. The monoisotopic (exact) mass is 233 g/mol. The maximum Gasteiger partial charge on any atom is 0.355 e. The summed E-state index contributed by atoms with van der Waals surface area (Å²) in [6.45, 7) is 1.56. The smallest absolute Gasteiger partial charge is 0.355 e. The molecule has 0 bridgehead atoms. The van der Waals surface area contributed by atoms with Crippen LogP contribution in [0.4, 0.5) is 5.69 Å². The van der Waals surface area contributed by atoms with Gasteiger partial charge in [0.05, 0.1) is 10.4 Å². The second-order valence-corrected chi connectivity index (χ2v) is 3.38. The number of aromatic carboxylic acids is 1. The van der Waals surface area contributed by atoms with Crippen molar-refractivity contribution in [3.63, 3.8) is 0 Å². The van der Waals surface area contributed by atoms with Crippen LogP contribution in [0.15, 0.2) is 18.2 Å². The Balaban J connectivity index is 2.82. The Morgan fingerprint density at radius 1 is 1.41 bits per heavy atom. The van der Waals surface area contributed by atoms with Crippen molar-refractivity contribution in [2.75, 3.05) is 0 Å². The number of nitrogens with zero attached hydrogens (tertiary/aromatic N) is 3. The fraction of sp³-hybridized carbons (Fsp3) is 0.100. The Labute approximate surface area is 94.9 Å². The molecule has 0 aliphatic carbocycles. The third-order valence-corrected chi connectivity index (χ3v) is 2.20. The Morgan fingerprint density at radius 2 is 2.12 bits per heavy atom. The average Bonchev–Trinajstić information content (AvgIpc) is 2.26. The van der Waals surface area contributed by atoms with Crippen molar-refractivity contribution in [1.82, 2.24) is 9.97 Å². The van der Waals surface area contributed by atoms with Gasteiger partial charge in [-0.1, -0.05) is 0 Å². The first kappa shape index (κ1) is 10.9. The van der Waals surface area contributed by atoms with Gasteiger partial charge in [0.25, 0.3) is 5.69 Å². The fourth-order valence-corrected chi connectivity index (χ4v) is 1.51. The van der Waals surface area contributed by atoms with Gasteiger partial charge in [0.15, 0.2) is 5.69 Å². The Hall–Kier alpha value is -2.57. The molecular formula is C10H7N3O4. The minimum Gasteiger partial charge on any atom is -0.476 e. The van der Waals surface area contributed by atoms with E-state index in [4.69, 9.17) is 5.11 Å². The summed E-state index contributed by atoms with van der Waals surface area (Å²) < 4.78 is 0. The van der Waals surface area contributed by atoms with Crippen LogP contribution in [0.5, 0.6) is 0 Å². The summed E-state index contributed by atoms with van der Waals surface area (Å²) in [6.07, 6.45) is 0. The predicted molar refractivity (Wildman–Crippen MR) is 57.9 cm³/mol. The molecule has 1 heterocycles. The van der Waals surface area contributed by atoms with Crippen LogP contribution in [-0.4, -0.2) is 26.0 Å². The largest absolute Gasteiger partial charge is 0.476 e. The minimum absolute atomic E-state index is 0.164. The number of carboxylic acids is 1. The van der Waals surface area contributed by atoms with Gasteiger partial charge in [-0.05, 0) is 13.0 Å². The number of hydrogen-bond acceptors (Lipinski definition) is 5. The van der Waals surface area contributed by atoms with Crippen LogP contribution in [0, 0.1) is 17.0 Å². The van der Waals surface area contributed by atoms with E-state index in [9.17, 15) is 14.9 Å². The van der Waals surface area contributed by atoms with Gasteiger partial charge < -0.3 is 5.11 Å². The molecule has 0 fully saturated rings. The standard InChI is InChI=1S/C10H7N3O4/c1-5-11-8-3-2-6(13(16)17)4-7(8)9(12-5)10(14)15/h2-4H,1H3,(H,14,15). The highest BCUT2D eigenvalue weighted by Crippen LogP contribution is 2.21. The molecule has 7 heteroatoms. The number of hydrogen-bond donors (Lipinski definition) is 1. The summed E-state index contributed by atoms with van der Waals surface area (Å²) in [5.41, 5.74) is -0.0378. The summed E-state index contributed by atoms with van der Waals surface area (Å²) in [7, 11) is 0. The first-order chi connectivity index (χ1) is 7.99. The van der Waals surface area contributed by atoms with Gasteiger partial charge in [-0.15, -0.1) is 0 Å². The van der Waals surface area contributed by atoms with Gasteiger partial charge in [0, 0.05) is 17.5 Å².